The molecule has 1 aliphatic rings. The number of ether oxygens (including phenoxy) is 1. The molecule has 1 N–H and O–H groups in total. The smallest absolute Gasteiger partial charge is 0.320 e. The van der Waals surface area contributed by atoms with Gasteiger partial charge in [-0.2, -0.15) is 0 Å². The van der Waals surface area contributed by atoms with Crippen LogP contribution in [-0.4, -0.2) is 40.7 Å². The highest BCUT2D eigenvalue weighted by molar-refractivity contribution is 5.73. The molecule has 0 saturated carbocycles. The monoisotopic (exact) mass is 340 g/mol. The van der Waals surface area contributed by atoms with Crippen LogP contribution in [0, 0.1) is 6.92 Å². The van der Waals surface area contributed by atoms with E-state index in [-0.39, 0.29) is 6.04 Å². The summed E-state index contributed by atoms with van der Waals surface area (Å²) in [7, 11) is 1.64. The van der Waals surface area contributed by atoms with Gasteiger partial charge in [0.15, 0.2) is 0 Å². The maximum absolute atomic E-state index is 11.8. The van der Waals surface area contributed by atoms with Crippen molar-refractivity contribution in [3.05, 3.63) is 59.4 Å². The normalized spacial score (nSPS) is 19.4. The number of benzene rings is 1. The molecule has 1 fully saturated rings. The van der Waals surface area contributed by atoms with Gasteiger partial charge < -0.3 is 9.84 Å². The second kappa shape index (κ2) is 7.66. The maximum Gasteiger partial charge on any atom is 0.320 e. The third kappa shape index (κ3) is 3.66. The molecule has 0 radical (unpaired) electrons. The van der Waals surface area contributed by atoms with Gasteiger partial charge in [-0.15, -0.1) is 0 Å². The fourth-order valence-electron chi connectivity index (χ4n) is 3.65. The van der Waals surface area contributed by atoms with Crippen LogP contribution in [0.15, 0.2) is 42.7 Å². The largest absolute Gasteiger partial charge is 0.497 e. The van der Waals surface area contributed by atoms with Crippen LogP contribution < -0.4 is 4.74 Å². The number of nitrogens with zero attached hydrogens (tertiary/aromatic N) is 2. The minimum absolute atomic E-state index is 0.102. The summed E-state index contributed by atoms with van der Waals surface area (Å²) in [6.07, 6.45) is 6.27. The summed E-state index contributed by atoms with van der Waals surface area (Å²) in [5.74, 6) is 0.0484. The van der Waals surface area contributed by atoms with Gasteiger partial charge in [0, 0.05) is 12.4 Å². The van der Waals surface area contributed by atoms with Crippen LogP contribution in [0.25, 0.3) is 0 Å². The van der Waals surface area contributed by atoms with Gasteiger partial charge in [-0.1, -0.05) is 18.6 Å². The number of pyridine rings is 1. The van der Waals surface area contributed by atoms with Crippen molar-refractivity contribution in [3.8, 4) is 5.75 Å². The molecule has 2 unspecified atom stereocenters. The zero-order chi connectivity index (χ0) is 17.8. The van der Waals surface area contributed by atoms with Crippen molar-refractivity contribution in [1.82, 2.24) is 9.88 Å². The van der Waals surface area contributed by atoms with Crippen LogP contribution in [0.4, 0.5) is 0 Å². The molecular weight excluding hydrogens is 316 g/mol. The Bertz CT molecular complexity index is 730. The van der Waals surface area contributed by atoms with Crippen molar-refractivity contribution in [2.75, 3.05) is 13.7 Å². The molecule has 132 valence electrons. The molecule has 0 amide bonds. The minimum Gasteiger partial charge on any atom is -0.497 e. The van der Waals surface area contributed by atoms with E-state index in [1.165, 1.54) is 0 Å². The summed E-state index contributed by atoms with van der Waals surface area (Å²) >= 11 is 0. The summed E-state index contributed by atoms with van der Waals surface area (Å²) in [4.78, 5) is 18.2. The molecule has 1 aromatic carbocycles. The SMILES string of the molecule is COc1ccc(C(c2ccncc2C)N2CCCCC2C(=O)O)cc1. The van der Waals surface area contributed by atoms with E-state index >= 15 is 0 Å². The van der Waals surface area contributed by atoms with E-state index in [0.29, 0.717) is 6.42 Å². The second-order valence-electron chi connectivity index (χ2n) is 6.50. The lowest BCUT2D eigenvalue weighted by molar-refractivity contribution is -0.145. The molecule has 1 saturated heterocycles. The summed E-state index contributed by atoms with van der Waals surface area (Å²) in [5.41, 5.74) is 3.24. The van der Waals surface area contributed by atoms with Gasteiger partial charge in [0.2, 0.25) is 0 Å². The molecular formula is C20H24N2O3. The molecule has 1 aliphatic heterocycles. The van der Waals surface area contributed by atoms with Gasteiger partial charge in [-0.25, -0.2) is 0 Å². The zero-order valence-corrected chi connectivity index (χ0v) is 14.7. The average molecular weight is 340 g/mol. The summed E-state index contributed by atoms with van der Waals surface area (Å²) in [6.45, 7) is 2.80. The standard InChI is InChI=1S/C20H24N2O3/c1-14-13-21-11-10-17(14)19(15-6-8-16(25-2)9-7-15)22-12-4-3-5-18(22)20(23)24/h6-11,13,18-19H,3-5,12H2,1-2H3,(H,23,24). The molecule has 2 heterocycles. The molecule has 0 bridgehead atoms. The lowest BCUT2D eigenvalue weighted by Gasteiger charge is -2.40. The van der Waals surface area contributed by atoms with Gasteiger partial charge in [-0.05, 0) is 61.2 Å². The van der Waals surface area contributed by atoms with Gasteiger partial charge in [0.25, 0.3) is 0 Å². The minimum atomic E-state index is -0.745. The summed E-state index contributed by atoms with van der Waals surface area (Å²) in [5, 5.41) is 9.73. The van der Waals surface area contributed by atoms with E-state index in [1.807, 2.05) is 43.5 Å². The number of carboxylic acid groups (broad SMARTS) is 1. The van der Waals surface area contributed by atoms with E-state index in [2.05, 4.69) is 9.88 Å². The van der Waals surface area contributed by atoms with Crippen LogP contribution in [-0.2, 0) is 4.79 Å². The number of carboxylic acids is 1. The molecule has 1 aromatic heterocycles. The first-order valence-electron chi connectivity index (χ1n) is 8.65. The lowest BCUT2D eigenvalue weighted by atomic mass is 9.90. The van der Waals surface area contributed by atoms with Crippen molar-refractivity contribution in [2.24, 2.45) is 0 Å². The Kier molecular flexibility index (Phi) is 5.34. The van der Waals surface area contributed by atoms with Crippen molar-refractivity contribution in [3.63, 3.8) is 0 Å². The molecule has 2 aromatic rings. The van der Waals surface area contributed by atoms with Crippen molar-refractivity contribution in [1.29, 1.82) is 0 Å². The first kappa shape index (κ1) is 17.4. The summed E-state index contributed by atoms with van der Waals surface area (Å²) < 4.78 is 5.27. The first-order valence-corrected chi connectivity index (χ1v) is 8.65. The fraction of sp³-hybridized carbons (Fsp3) is 0.400. The number of aliphatic carboxylic acids is 1. The topological polar surface area (TPSA) is 62.7 Å². The predicted molar refractivity (Wildman–Crippen MR) is 95.8 cm³/mol. The van der Waals surface area contributed by atoms with Crippen molar-refractivity contribution in [2.45, 2.75) is 38.3 Å². The van der Waals surface area contributed by atoms with E-state index in [9.17, 15) is 9.90 Å². The molecule has 5 nitrogen and oxygen atoms in total. The third-order valence-corrected chi connectivity index (χ3v) is 4.95. The van der Waals surface area contributed by atoms with Crippen LogP contribution in [0.5, 0.6) is 5.75 Å². The molecule has 2 atom stereocenters. The number of piperidine rings is 1. The first-order chi connectivity index (χ1) is 12.1. The Balaban J connectivity index is 2.07. The van der Waals surface area contributed by atoms with Gasteiger partial charge >= 0.3 is 5.97 Å². The second-order valence-corrected chi connectivity index (χ2v) is 6.50. The van der Waals surface area contributed by atoms with Crippen LogP contribution in [0.3, 0.4) is 0 Å². The number of hydrogen-bond acceptors (Lipinski definition) is 4. The maximum atomic E-state index is 11.8. The van der Waals surface area contributed by atoms with Crippen LogP contribution in [0.2, 0.25) is 0 Å². The van der Waals surface area contributed by atoms with Gasteiger partial charge in [-0.3, -0.25) is 14.7 Å². The number of rotatable bonds is 5. The van der Waals surface area contributed by atoms with Crippen molar-refractivity contribution >= 4 is 5.97 Å². The van der Waals surface area contributed by atoms with Crippen molar-refractivity contribution < 1.29 is 14.6 Å². The average Bonchev–Trinajstić information content (AvgIpc) is 2.64. The molecule has 25 heavy (non-hydrogen) atoms. The zero-order valence-electron chi connectivity index (χ0n) is 14.7. The third-order valence-electron chi connectivity index (χ3n) is 4.95. The van der Waals surface area contributed by atoms with Gasteiger partial charge in [0.05, 0.1) is 13.2 Å². The van der Waals surface area contributed by atoms with Crippen LogP contribution in [0.1, 0.15) is 42.0 Å². The Labute approximate surface area is 148 Å². The number of methoxy groups -OCH3 is 1. The Morgan fingerprint density at radius 2 is 2.04 bits per heavy atom. The number of carbonyl (C=O) groups is 1. The lowest BCUT2D eigenvalue weighted by Crippen LogP contribution is -2.47. The molecule has 0 spiro atoms. The molecule has 0 aliphatic carbocycles. The predicted octanol–water partition coefficient (Wildman–Crippen LogP) is 3.43. The quantitative estimate of drug-likeness (QED) is 0.903. The number of likely N-dealkylation sites (tertiary alicyclic amines) is 1. The highest BCUT2D eigenvalue weighted by Crippen LogP contribution is 2.36. The fourth-order valence-corrected chi connectivity index (χ4v) is 3.65. The Morgan fingerprint density at radius 1 is 1.28 bits per heavy atom. The van der Waals surface area contributed by atoms with E-state index in [4.69, 9.17) is 4.74 Å². The number of aromatic nitrogens is 1. The van der Waals surface area contributed by atoms with E-state index in [1.54, 1.807) is 13.3 Å². The van der Waals surface area contributed by atoms with Gasteiger partial charge in [0.1, 0.15) is 11.8 Å². The number of hydrogen-bond donors (Lipinski definition) is 1. The molecule has 5 heteroatoms. The highest BCUT2D eigenvalue weighted by atomic mass is 16.5. The Hall–Kier alpha value is -2.40. The summed E-state index contributed by atoms with van der Waals surface area (Å²) in [6, 6.07) is 9.34. The Morgan fingerprint density at radius 3 is 2.68 bits per heavy atom. The number of aryl methyl sites for hydroxylation is 1. The van der Waals surface area contributed by atoms with E-state index < -0.39 is 12.0 Å². The highest BCUT2D eigenvalue weighted by Gasteiger charge is 2.35. The molecule has 3 rings (SSSR count). The van der Waals surface area contributed by atoms with E-state index in [0.717, 1.165) is 41.8 Å². The van der Waals surface area contributed by atoms with Crippen LogP contribution >= 0.6 is 0 Å².